The lowest BCUT2D eigenvalue weighted by atomic mass is 10.0. The standard InChI is InChI=1S/C24H27N5O2/c1-5-17(14-25)7-6-16(2)22-21(18-8-10-20(31-4)11-9-18)23(30)29(3)24(28-22)27-15-19-12-13-26-19/h5-11,19,26H,1,12-13,15H2,2-4H3,(H,27,28)/b16-6+,17-7+. The Bertz CT molecular complexity index is 1120. The van der Waals surface area contributed by atoms with Crippen LogP contribution in [0.15, 0.2) is 59.4 Å². The fraction of sp³-hybridized carbons (Fsp3) is 0.292. The Morgan fingerprint density at radius 3 is 2.68 bits per heavy atom. The molecule has 0 spiro atoms. The van der Waals surface area contributed by atoms with Crippen LogP contribution < -0.4 is 20.9 Å². The number of methoxy groups -OCH3 is 1. The number of nitrogens with one attached hydrogen (secondary N) is 2. The number of nitriles is 1. The molecule has 2 aromatic rings. The van der Waals surface area contributed by atoms with E-state index in [4.69, 9.17) is 15.0 Å². The van der Waals surface area contributed by atoms with Crippen LogP contribution in [0.5, 0.6) is 5.75 Å². The van der Waals surface area contributed by atoms with Crippen LogP contribution in [0.4, 0.5) is 5.95 Å². The number of aromatic nitrogens is 2. The molecule has 1 aliphatic heterocycles. The Morgan fingerprint density at radius 2 is 2.13 bits per heavy atom. The fourth-order valence-corrected chi connectivity index (χ4v) is 3.25. The first-order valence-electron chi connectivity index (χ1n) is 10.1. The van der Waals surface area contributed by atoms with Crippen molar-refractivity contribution in [3.8, 4) is 22.9 Å². The van der Waals surface area contributed by atoms with E-state index < -0.39 is 0 Å². The van der Waals surface area contributed by atoms with Gasteiger partial charge in [-0.3, -0.25) is 9.36 Å². The summed E-state index contributed by atoms with van der Waals surface area (Å²) >= 11 is 0. The van der Waals surface area contributed by atoms with Crippen molar-refractivity contribution in [2.45, 2.75) is 19.4 Å². The van der Waals surface area contributed by atoms with Crippen LogP contribution in [0.1, 0.15) is 19.0 Å². The topological polar surface area (TPSA) is 92.0 Å². The zero-order chi connectivity index (χ0) is 22.4. The molecule has 0 amide bonds. The summed E-state index contributed by atoms with van der Waals surface area (Å²) in [5.74, 6) is 1.22. The van der Waals surface area contributed by atoms with Gasteiger partial charge in [-0.1, -0.05) is 30.9 Å². The average molecular weight is 418 g/mol. The minimum absolute atomic E-state index is 0.153. The van der Waals surface area contributed by atoms with Gasteiger partial charge in [-0.2, -0.15) is 5.26 Å². The van der Waals surface area contributed by atoms with Gasteiger partial charge >= 0.3 is 0 Å². The van der Waals surface area contributed by atoms with Crippen LogP contribution in [0.25, 0.3) is 16.7 Å². The van der Waals surface area contributed by atoms with Crippen LogP contribution in [0.2, 0.25) is 0 Å². The number of benzene rings is 1. The van der Waals surface area contributed by atoms with Crippen molar-refractivity contribution in [1.29, 1.82) is 5.26 Å². The van der Waals surface area contributed by atoms with E-state index in [0.717, 1.165) is 24.1 Å². The summed E-state index contributed by atoms with van der Waals surface area (Å²) in [6.45, 7) is 7.22. The number of allylic oxidation sites excluding steroid dienone is 5. The highest BCUT2D eigenvalue weighted by Crippen LogP contribution is 2.27. The molecule has 0 bridgehead atoms. The van der Waals surface area contributed by atoms with Gasteiger partial charge in [-0.15, -0.1) is 0 Å². The molecular weight excluding hydrogens is 390 g/mol. The van der Waals surface area contributed by atoms with Crippen molar-refractivity contribution >= 4 is 11.5 Å². The summed E-state index contributed by atoms with van der Waals surface area (Å²) < 4.78 is 6.78. The Labute approximate surface area is 182 Å². The van der Waals surface area contributed by atoms with Gasteiger partial charge < -0.3 is 15.4 Å². The van der Waals surface area contributed by atoms with Gasteiger partial charge in [0.2, 0.25) is 5.95 Å². The summed E-state index contributed by atoms with van der Waals surface area (Å²) in [6, 6.07) is 9.78. The minimum Gasteiger partial charge on any atom is -0.497 e. The highest BCUT2D eigenvalue weighted by molar-refractivity contribution is 5.79. The Morgan fingerprint density at radius 1 is 1.42 bits per heavy atom. The van der Waals surface area contributed by atoms with Gasteiger partial charge in [-0.05, 0) is 49.2 Å². The monoisotopic (exact) mass is 417 g/mol. The Kier molecular flexibility index (Phi) is 7.06. The second-order valence-electron chi connectivity index (χ2n) is 7.36. The maximum atomic E-state index is 13.4. The predicted octanol–water partition coefficient (Wildman–Crippen LogP) is 3.27. The van der Waals surface area contributed by atoms with Crippen LogP contribution in [0, 0.1) is 11.3 Å². The second kappa shape index (κ2) is 9.92. The number of ether oxygens (including phenoxy) is 1. The lowest BCUT2D eigenvalue weighted by Gasteiger charge is -2.28. The quantitative estimate of drug-likeness (QED) is 0.506. The highest BCUT2D eigenvalue weighted by atomic mass is 16.5. The van der Waals surface area contributed by atoms with Gasteiger partial charge in [0.25, 0.3) is 5.56 Å². The summed E-state index contributed by atoms with van der Waals surface area (Å²) in [5, 5.41) is 15.8. The summed E-state index contributed by atoms with van der Waals surface area (Å²) in [7, 11) is 3.32. The molecule has 1 atom stereocenters. The first-order chi connectivity index (χ1) is 15.0. The normalized spacial score (nSPS) is 16.3. The largest absolute Gasteiger partial charge is 0.497 e. The van der Waals surface area contributed by atoms with Crippen LogP contribution in [0.3, 0.4) is 0 Å². The van der Waals surface area contributed by atoms with E-state index in [-0.39, 0.29) is 5.56 Å². The summed E-state index contributed by atoms with van der Waals surface area (Å²) in [5.41, 5.74) is 2.86. The molecule has 0 radical (unpaired) electrons. The molecular formula is C24H27N5O2. The average Bonchev–Trinajstić information content (AvgIpc) is 2.76. The van der Waals surface area contributed by atoms with Gasteiger partial charge in [0.05, 0.1) is 30.0 Å². The molecule has 1 saturated heterocycles. The summed E-state index contributed by atoms with van der Waals surface area (Å²) in [6.07, 6.45) is 6.04. The summed E-state index contributed by atoms with van der Waals surface area (Å²) in [4.78, 5) is 18.2. The fourth-order valence-electron chi connectivity index (χ4n) is 3.25. The molecule has 1 unspecified atom stereocenters. The van der Waals surface area contributed by atoms with Crippen molar-refractivity contribution in [3.05, 3.63) is 70.7 Å². The molecule has 2 heterocycles. The van der Waals surface area contributed by atoms with Crippen molar-refractivity contribution in [2.75, 3.05) is 25.5 Å². The van der Waals surface area contributed by atoms with Gasteiger partial charge in [0, 0.05) is 19.6 Å². The van der Waals surface area contributed by atoms with Crippen LogP contribution >= 0.6 is 0 Å². The maximum absolute atomic E-state index is 13.4. The predicted molar refractivity (Wildman–Crippen MR) is 124 cm³/mol. The minimum atomic E-state index is -0.153. The molecule has 1 fully saturated rings. The molecule has 7 heteroatoms. The number of hydrogen-bond acceptors (Lipinski definition) is 6. The smallest absolute Gasteiger partial charge is 0.263 e. The third kappa shape index (κ3) is 4.93. The second-order valence-corrected chi connectivity index (χ2v) is 7.36. The van der Waals surface area contributed by atoms with Crippen molar-refractivity contribution in [1.82, 2.24) is 14.9 Å². The molecule has 160 valence electrons. The number of anilines is 1. The van der Waals surface area contributed by atoms with E-state index in [1.165, 1.54) is 10.6 Å². The van der Waals surface area contributed by atoms with E-state index in [0.29, 0.717) is 41.1 Å². The first kappa shape index (κ1) is 22.1. The molecule has 0 saturated carbocycles. The van der Waals surface area contributed by atoms with E-state index in [1.54, 1.807) is 26.3 Å². The van der Waals surface area contributed by atoms with E-state index >= 15 is 0 Å². The van der Waals surface area contributed by atoms with Gasteiger partial charge in [-0.25, -0.2) is 4.98 Å². The van der Waals surface area contributed by atoms with Crippen molar-refractivity contribution in [3.63, 3.8) is 0 Å². The molecule has 3 rings (SSSR count). The zero-order valence-electron chi connectivity index (χ0n) is 18.1. The molecule has 1 aromatic heterocycles. The maximum Gasteiger partial charge on any atom is 0.263 e. The van der Waals surface area contributed by atoms with E-state index in [9.17, 15) is 4.79 Å². The lowest BCUT2D eigenvalue weighted by molar-refractivity contribution is 0.386. The lowest BCUT2D eigenvalue weighted by Crippen LogP contribution is -2.47. The molecule has 1 aliphatic rings. The molecule has 7 nitrogen and oxygen atoms in total. The Hall–Kier alpha value is -3.63. The Balaban J connectivity index is 2.12. The number of rotatable bonds is 8. The first-order valence-corrected chi connectivity index (χ1v) is 10.1. The SMILES string of the molecule is C=C/C(C#N)=C\C=C(/C)c1nc(NCC2CCN2)n(C)c(=O)c1-c1ccc(OC)cc1. The van der Waals surface area contributed by atoms with Crippen LogP contribution in [-0.2, 0) is 7.05 Å². The highest BCUT2D eigenvalue weighted by Gasteiger charge is 2.20. The van der Waals surface area contributed by atoms with Gasteiger partial charge in [0.15, 0.2) is 0 Å². The van der Waals surface area contributed by atoms with Crippen molar-refractivity contribution < 1.29 is 4.74 Å². The van der Waals surface area contributed by atoms with E-state index in [1.807, 2.05) is 31.2 Å². The molecule has 0 aliphatic carbocycles. The van der Waals surface area contributed by atoms with Crippen LogP contribution in [-0.4, -0.2) is 35.8 Å². The molecule has 31 heavy (non-hydrogen) atoms. The van der Waals surface area contributed by atoms with E-state index in [2.05, 4.69) is 23.3 Å². The van der Waals surface area contributed by atoms with Crippen molar-refractivity contribution in [2.24, 2.45) is 7.05 Å². The number of nitrogens with zero attached hydrogens (tertiary/aromatic N) is 3. The van der Waals surface area contributed by atoms with Gasteiger partial charge in [0.1, 0.15) is 5.75 Å². The third-order valence-electron chi connectivity index (χ3n) is 5.34. The molecule has 1 aromatic carbocycles. The third-order valence-corrected chi connectivity index (χ3v) is 5.34. The number of hydrogen-bond donors (Lipinski definition) is 2. The molecule has 2 N–H and O–H groups in total. The zero-order valence-corrected chi connectivity index (χ0v) is 18.1.